The van der Waals surface area contributed by atoms with Gasteiger partial charge in [0.1, 0.15) is 5.78 Å². The predicted octanol–water partition coefficient (Wildman–Crippen LogP) is 2.42. The van der Waals surface area contributed by atoms with Gasteiger partial charge in [-0.15, -0.1) is 0 Å². The molecule has 0 bridgehead atoms. The third-order valence-electron chi connectivity index (χ3n) is 2.35. The van der Waals surface area contributed by atoms with Gasteiger partial charge < -0.3 is 0 Å². The molecule has 0 saturated heterocycles. The number of hydrogen-bond donors (Lipinski definition) is 0. The van der Waals surface area contributed by atoms with Crippen molar-refractivity contribution in [3.8, 4) is 0 Å². The third kappa shape index (κ3) is 2.62. The highest BCUT2D eigenvalue weighted by Gasteiger charge is 2.17. The van der Waals surface area contributed by atoms with Gasteiger partial charge in [-0.05, 0) is 12.5 Å². The summed E-state index contributed by atoms with van der Waals surface area (Å²) in [4.78, 5) is 21.6. The number of benzene rings is 1. The van der Waals surface area contributed by atoms with Crippen molar-refractivity contribution < 1.29 is 9.72 Å². The minimum absolute atomic E-state index is 0.0207. The molecule has 0 atom stereocenters. The van der Waals surface area contributed by atoms with Crippen LogP contribution >= 0.6 is 0 Å². The van der Waals surface area contributed by atoms with Crippen LogP contribution < -0.4 is 0 Å². The van der Waals surface area contributed by atoms with E-state index in [-0.39, 0.29) is 17.9 Å². The van der Waals surface area contributed by atoms with Crippen LogP contribution in [0.25, 0.3) is 0 Å². The Morgan fingerprint density at radius 3 is 2.67 bits per heavy atom. The van der Waals surface area contributed by atoms with Crippen LogP contribution in [0.3, 0.4) is 0 Å². The van der Waals surface area contributed by atoms with E-state index in [1.165, 1.54) is 6.07 Å². The zero-order valence-electron chi connectivity index (χ0n) is 8.82. The molecule has 0 amide bonds. The van der Waals surface area contributed by atoms with Crippen molar-refractivity contribution >= 4 is 11.5 Å². The zero-order valence-corrected chi connectivity index (χ0v) is 8.82. The van der Waals surface area contributed by atoms with Gasteiger partial charge in [-0.3, -0.25) is 14.9 Å². The topological polar surface area (TPSA) is 60.2 Å². The molecule has 4 heteroatoms. The van der Waals surface area contributed by atoms with Crippen molar-refractivity contribution in [1.82, 2.24) is 0 Å². The number of rotatable bonds is 4. The molecule has 4 nitrogen and oxygen atoms in total. The van der Waals surface area contributed by atoms with Crippen LogP contribution in [0.15, 0.2) is 18.2 Å². The molecule has 15 heavy (non-hydrogen) atoms. The van der Waals surface area contributed by atoms with Gasteiger partial charge in [-0.2, -0.15) is 0 Å². The van der Waals surface area contributed by atoms with Crippen molar-refractivity contribution in [1.29, 1.82) is 0 Å². The lowest BCUT2D eigenvalue weighted by Gasteiger charge is -2.04. The quantitative estimate of drug-likeness (QED) is 0.562. The van der Waals surface area contributed by atoms with E-state index in [0.29, 0.717) is 12.0 Å². The zero-order chi connectivity index (χ0) is 11.4. The van der Waals surface area contributed by atoms with Crippen molar-refractivity contribution in [2.75, 3.05) is 0 Å². The van der Waals surface area contributed by atoms with Gasteiger partial charge in [0.25, 0.3) is 5.69 Å². The fourth-order valence-electron chi connectivity index (χ4n) is 1.41. The Balaban J connectivity index is 3.13. The first kappa shape index (κ1) is 11.4. The molecule has 0 saturated carbocycles. The lowest BCUT2D eigenvalue weighted by atomic mass is 10.0. The molecule has 0 N–H and O–H groups in total. The fourth-order valence-corrected chi connectivity index (χ4v) is 1.41. The summed E-state index contributed by atoms with van der Waals surface area (Å²) in [6.45, 7) is 3.54. The Kier molecular flexibility index (Phi) is 3.55. The number of nitro groups is 1. The molecule has 0 spiro atoms. The molecule has 1 rings (SSSR count). The monoisotopic (exact) mass is 207 g/mol. The van der Waals surface area contributed by atoms with E-state index in [1.54, 1.807) is 26.0 Å². The first-order valence-electron chi connectivity index (χ1n) is 4.80. The highest BCUT2D eigenvalue weighted by Crippen LogP contribution is 2.22. The molecule has 0 aromatic heterocycles. The summed E-state index contributed by atoms with van der Waals surface area (Å²) in [6.07, 6.45) is 0.560. The van der Waals surface area contributed by atoms with Gasteiger partial charge in [0.15, 0.2) is 0 Å². The van der Waals surface area contributed by atoms with Gasteiger partial charge in [-0.1, -0.05) is 19.1 Å². The SMILES string of the molecule is CCC(=O)Cc1c(C)cccc1[N+](=O)[O-]. The van der Waals surface area contributed by atoms with Gasteiger partial charge in [0.05, 0.1) is 4.92 Å². The molecular weight excluding hydrogens is 194 g/mol. The van der Waals surface area contributed by atoms with E-state index in [2.05, 4.69) is 0 Å². The normalized spacial score (nSPS) is 10.0. The summed E-state index contributed by atoms with van der Waals surface area (Å²) in [5, 5.41) is 10.7. The first-order chi connectivity index (χ1) is 7.06. The lowest BCUT2D eigenvalue weighted by Crippen LogP contribution is -2.05. The van der Waals surface area contributed by atoms with Crippen LogP contribution in [0.1, 0.15) is 24.5 Å². The largest absolute Gasteiger partial charge is 0.299 e. The summed E-state index contributed by atoms with van der Waals surface area (Å²) >= 11 is 0. The number of nitrogens with zero attached hydrogens (tertiary/aromatic N) is 1. The highest BCUT2D eigenvalue weighted by molar-refractivity contribution is 5.82. The van der Waals surface area contributed by atoms with Gasteiger partial charge in [-0.25, -0.2) is 0 Å². The Morgan fingerprint density at radius 1 is 1.47 bits per heavy atom. The van der Waals surface area contributed by atoms with E-state index >= 15 is 0 Å². The standard InChI is InChI=1S/C11H13NO3/c1-3-9(13)7-10-8(2)5-4-6-11(10)12(14)15/h4-6H,3,7H2,1-2H3. The number of hydrogen-bond acceptors (Lipinski definition) is 3. The lowest BCUT2D eigenvalue weighted by molar-refractivity contribution is -0.385. The molecular formula is C11H13NO3. The van der Waals surface area contributed by atoms with Crippen LogP contribution in [0.4, 0.5) is 5.69 Å². The molecule has 0 aliphatic rings. The molecule has 1 aromatic rings. The summed E-state index contributed by atoms with van der Waals surface area (Å²) in [7, 11) is 0. The van der Waals surface area contributed by atoms with E-state index in [0.717, 1.165) is 5.56 Å². The maximum atomic E-state index is 11.3. The average molecular weight is 207 g/mol. The second-order valence-electron chi connectivity index (χ2n) is 3.40. The Bertz CT molecular complexity index is 399. The molecule has 0 aliphatic carbocycles. The summed E-state index contributed by atoms with van der Waals surface area (Å²) in [5.41, 5.74) is 1.37. The maximum Gasteiger partial charge on any atom is 0.273 e. The minimum Gasteiger partial charge on any atom is -0.299 e. The number of ketones is 1. The summed E-state index contributed by atoms with van der Waals surface area (Å²) < 4.78 is 0. The molecule has 0 radical (unpaired) electrons. The van der Waals surface area contributed by atoms with Crippen LogP contribution in [0, 0.1) is 17.0 Å². The van der Waals surface area contributed by atoms with E-state index in [1.807, 2.05) is 0 Å². The second kappa shape index (κ2) is 4.68. The van der Waals surface area contributed by atoms with Gasteiger partial charge >= 0.3 is 0 Å². The number of Topliss-reactive ketones (excluding diaryl/α,β-unsaturated/α-hetero) is 1. The Labute approximate surface area is 88.1 Å². The van der Waals surface area contributed by atoms with Crippen LogP contribution in [0.5, 0.6) is 0 Å². The number of aryl methyl sites for hydroxylation is 1. The fraction of sp³-hybridized carbons (Fsp3) is 0.364. The number of carbonyl (C=O) groups is 1. The van der Waals surface area contributed by atoms with Crippen molar-refractivity contribution in [3.05, 3.63) is 39.4 Å². The summed E-state index contributed by atoms with van der Waals surface area (Å²) in [5.74, 6) is 0.0207. The predicted molar refractivity (Wildman–Crippen MR) is 56.8 cm³/mol. The van der Waals surface area contributed by atoms with Crippen molar-refractivity contribution in [2.45, 2.75) is 26.7 Å². The minimum atomic E-state index is -0.439. The van der Waals surface area contributed by atoms with Crippen LogP contribution in [-0.2, 0) is 11.2 Å². The van der Waals surface area contributed by atoms with Crippen LogP contribution in [0.2, 0.25) is 0 Å². The first-order valence-corrected chi connectivity index (χ1v) is 4.80. The van der Waals surface area contributed by atoms with Crippen molar-refractivity contribution in [2.24, 2.45) is 0 Å². The molecule has 0 heterocycles. The third-order valence-corrected chi connectivity index (χ3v) is 2.35. The highest BCUT2D eigenvalue weighted by atomic mass is 16.6. The average Bonchev–Trinajstić information content (AvgIpc) is 2.20. The summed E-state index contributed by atoms with van der Waals surface area (Å²) in [6, 6.07) is 4.85. The Hall–Kier alpha value is -1.71. The number of nitro benzene ring substituents is 1. The molecule has 0 aliphatic heterocycles. The molecule has 0 unspecified atom stereocenters. The molecule has 0 fully saturated rings. The molecule has 1 aromatic carbocycles. The molecule has 80 valence electrons. The number of carbonyl (C=O) groups excluding carboxylic acids is 1. The van der Waals surface area contributed by atoms with Gasteiger partial charge in [0, 0.05) is 24.5 Å². The van der Waals surface area contributed by atoms with E-state index in [9.17, 15) is 14.9 Å². The van der Waals surface area contributed by atoms with Crippen LogP contribution in [-0.4, -0.2) is 10.7 Å². The maximum absolute atomic E-state index is 11.3. The van der Waals surface area contributed by atoms with Gasteiger partial charge in [0.2, 0.25) is 0 Å². The smallest absolute Gasteiger partial charge is 0.273 e. The van der Waals surface area contributed by atoms with E-state index < -0.39 is 4.92 Å². The Morgan fingerprint density at radius 2 is 2.13 bits per heavy atom. The van der Waals surface area contributed by atoms with Crippen molar-refractivity contribution in [3.63, 3.8) is 0 Å². The van der Waals surface area contributed by atoms with E-state index in [4.69, 9.17) is 0 Å². The second-order valence-corrected chi connectivity index (χ2v) is 3.40.